The average molecular weight is 351 g/mol. The molecule has 2 aromatic rings. The van der Waals surface area contributed by atoms with E-state index in [1.807, 2.05) is 37.4 Å². The van der Waals surface area contributed by atoms with E-state index in [-0.39, 0.29) is 11.9 Å². The molecule has 0 amide bonds. The zero-order valence-corrected chi connectivity index (χ0v) is 14.0. The number of pyridine rings is 1. The maximum atomic E-state index is 14.3. The summed E-state index contributed by atoms with van der Waals surface area (Å²) in [6.45, 7) is 4.96. The lowest BCUT2D eigenvalue weighted by atomic mass is 10.0. The molecule has 4 heteroatoms. The van der Waals surface area contributed by atoms with Crippen LogP contribution < -0.4 is 5.32 Å². The van der Waals surface area contributed by atoms with Crippen molar-refractivity contribution in [1.29, 1.82) is 0 Å². The summed E-state index contributed by atoms with van der Waals surface area (Å²) in [5, 5.41) is 3.42. The summed E-state index contributed by atoms with van der Waals surface area (Å²) in [5.74, 6) is -0.196. The fourth-order valence-corrected chi connectivity index (χ4v) is 2.61. The Morgan fingerprint density at radius 2 is 2.10 bits per heavy atom. The van der Waals surface area contributed by atoms with Crippen LogP contribution >= 0.6 is 15.9 Å². The van der Waals surface area contributed by atoms with Crippen molar-refractivity contribution in [2.24, 2.45) is 0 Å². The Kier molecular flexibility index (Phi) is 5.88. The Morgan fingerprint density at radius 3 is 2.76 bits per heavy atom. The molecule has 1 aromatic heterocycles. The van der Waals surface area contributed by atoms with Crippen LogP contribution in [0.5, 0.6) is 0 Å². The molecule has 1 unspecified atom stereocenters. The van der Waals surface area contributed by atoms with Crippen LogP contribution in [0.25, 0.3) is 0 Å². The highest BCUT2D eigenvalue weighted by Gasteiger charge is 2.17. The summed E-state index contributed by atoms with van der Waals surface area (Å²) in [6.07, 6.45) is 3.53. The van der Waals surface area contributed by atoms with Gasteiger partial charge >= 0.3 is 0 Å². The Labute approximate surface area is 133 Å². The standard InChI is InChI=1S/C17H20BrFN2/c1-3-9-20-16(10-13-8-7-12(2)11-21-13)14-5-4-6-15(18)17(14)19/h4-8,11,16,20H,3,9-10H2,1-2H3. The smallest absolute Gasteiger partial charge is 0.142 e. The Bertz CT molecular complexity index is 584. The first-order chi connectivity index (χ1) is 10.1. The molecule has 0 aliphatic rings. The molecule has 0 aliphatic heterocycles. The highest BCUT2D eigenvalue weighted by molar-refractivity contribution is 9.10. The largest absolute Gasteiger partial charge is 0.310 e. The van der Waals surface area contributed by atoms with Gasteiger partial charge in [-0.05, 0) is 53.5 Å². The highest BCUT2D eigenvalue weighted by atomic mass is 79.9. The van der Waals surface area contributed by atoms with Crippen LogP contribution in [0, 0.1) is 12.7 Å². The van der Waals surface area contributed by atoms with Crippen LogP contribution in [0.4, 0.5) is 4.39 Å². The molecule has 0 fully saturated rings. The minimum absolute atomic E-state index is 0.0716. The molecule has 1 heterocycles. The number of rotatable bonds is 6. The van der Waals surface area contributed by atoms with Gasteiger partial charge in [-0.25, -0.2) is 4.39 Å². The van der Waals surface area contributed by atoms with Crippen molar-refractivity contribution in [2.75, 3.05) is 6.54 Å². The van der Waals surface area contributed by atoms with Crippen LogP contribution in [0.2, 0.25) is 0 Å². The monoisotopic (exact) mass is 350 g/mol. The zero-order chi connectivity index (χ0) is 15.2. The minimum atomic E-state index is -0.196. The van der Waals surface area contributed by atoms with Crippen LogP contribution in [-0.2, 0) is 6.42 Å². The van der Waals surface area contributed by atoms with Gasteiger partial charge in [0.1, 0.15) is 5.82 Å². The van der Waals surface area contributed by atoms with Gasteiger partial charge in [0, 0.05) is 29.9 Å². The third kappa shape index (κ3) is 4.35. The first-order valence-corrected chi connectivity index (χ1v) is 8.00. The third-order valence-corrected chi connectivity index (χ3v) is 4.00. The second-order valence-electron chi connectivity index (χ2n) is 5.18. The zero-order valence-electron chi connectivity index (χ0n) is 12.4. The molecule has 0 saturated carbocycles. The molecule has 2 rings (SSSR count). The molecule has 112 valence electrons. The average Bonchev–Trinajstić information content (AvgIpc) is 2.48. The maximum Gasteiger partial charge on any atom is 0.142 e. The van der Waals surface area contributed by atoms with Crippen molar-refractivity contribution in [3.05, 3.63) is 63.6 Å². The summed E-state index contributed by atoms with van der Waals surface area (Å²) in [5.41, 5.74) is 2.78. The van der Waals surface area contributed by atoms with E-state index >= 15 is 0 Å². The van der Waals surface area contributed by atoms with Crippen molar-refractivity contribution in [1.82, 2.24) is 10.3 Å². The van der Waals surface area contributed by atoms with Gasteiger partial charge in [0.25, 0.3) is 0 Å². The number of benzene rings is 1. The van der Waals surface area contributed by atoms with E-state index in [4.69, 9.17) is 0 Å². The van der Waals surface area contributed by atoms with Gasteiger partial charge in [-0.2, -0.15) is 0 Å². The quantitative estimate of drug-likeness (QED) is 0.824. The number of hydrogen-bond acceptors (Lipinski definition) is 2. The molecule has 21 heavy (non-hydrogen) atoms. The lowest BCUT2D eigenvalue weighted by Gasteiger charge is -2.20. The Hall–Kier alpha value is -1.26. The summed E-state index contributed by atoms with van der Waals surface area (Å²) in [7, 11) is 0. The molecule has 0 saturated heterocycles. The van der Waals surface area contributed by atoms with Crippen molar-refractivity contribution in [3.63, 3.8) is 0 Å². The number of aryl methyl sites for hydroxylation is 1. The van der Waals surface area contributed by atoms with E-state index in [2.05, 4.69) is 33.2 Å². The van der Waals surface area contributed by atoms with Crippen LogP contribution in [0.15, 0.2) is 41.0 Å². The maximum absolute atomic E-state index is 14.3. The van der Waals surface area contributed by atoms with Crippen LogP contribution in [0.3, 0.4) is 0 Å². The number of nitrogens with zero attached hydrogens (tertiary/aromatic N) is 1. The Morgan fingerprint density at radius 1 is 1.29 bits per heavy atom. The van der Waals surface area contributed by atoms with Crippen molar-refractivity contribution in [3.8, 4) is 0 Å². The van der Waals surface area contributed by atoms with E-state index in [9.17, 15) is 4.39 Å². The summed E-state index contributed by atoms with van der Waals surface area (Å²) >= 11 is 3.26. The summed E-state index contributed by atoms with van der Waals surface area (Å²) in [6, 6.07) is 9.40. The molecule has 1 aromatic carbocycles. The second-order valence-corrected chi connectivity index (χ2v) is 6.04. The predicted octanol–water partition coefficient (Wildman–Crippen LogP) is 4.58. The highest BCUT2D eigenvalue weighted by Crippen LogP contribution is 2.26. The molecule has 0 radical (unpaired) electrons. The fourth-order valence-electron chi connectivity index (χ4n) is 2.23. The molecular formula is C17H20BrFN2. The second kappa shape index (κ2) is 7.66. The SMILES string of the molecule is CCCNC(Cc1ccc(C)cn1)c1cccc(Br)c1F. The molecule has 0 aliphatic carbocycles. The lowest BCUT2D eigenvalue weighted by Crippen LogP contribution is -2.25. The van der Waals surface area contributed by atoms with E-state index in [0.29, 0.717) is 16.5 Å². The fraction of sp³-hybridized carbons (Fsp3) is 0.353. The first kappa shape index (κ1) is 16.1. The summed E-state index contributed by atoms with van der Waals surface area (Å²) in [4.78, 5) is 4.43. The van der Waals surface area contributed by atoms with Crippen LogP contribution in [0.1, 0.15) is 36.2 Å². The predicted molar refractivity (Wildman–Crippen MR) is 87.8 cm³/mol. The molecule has 1 N–H and O–H groups in total. The van der Waals surface area contributed by atoms with E-state index in [1.165, 1.54) is 0 Å². The lowest BCUT2D eigenvalue weighted by molar-refractivity contribution is 0.491. The molecule has 0 bridgehead atoms. The van der Waals surface area contributed by atoms with E-state index in [0.717, 1.165) is 24.2 Å². The number of halogens is 2. The van der Waals surface area contributed by atoms with Gasteiger partial charge in [-0.15, -0.1) is 0 Å². The van der Waals surface area contributed by atoms with Gasteiger partial charge in [0.2, 0.25) is 0 Å². The number of nitrogens with one attached hydrogen (secondary N) is 1. The molecular weight excluding hydrogens is 331 g/mol. The van der Waals surface area contributed by atoms with Crippen molar-refractivity contribution in [2.45, 2.75) is 32.7 Å². The number of aromatic nitrogens is 1. The van der Waals surface area contributed by atoms with Crippen molar-refractivity contribution >= 4 is 15.9 Å². The van der Waals surface area contributed by atoms with Gasteiger partial charge in [-0.1, -0.05) is 25.1 Å². The van der Waals surface area contributed by atoms with E-state index < -0.39 is 0 Å². The van der Waals surface area contributed by atoms with Gasteiger partial charge in [-0.3, -0.25) is 4.98 Å². The topological polar surface area (TPSA) is 24.9 Å². The summed E-state index contributed by atoms with van der Waals surface area (Å²) < 4.78 is 14.8. The van der Waals surface area contributed by atoms with Gasteiger partial charge in [0.15, 0.2) is 0 Å². The third-order valence-electron chi connectivity index (χ3n) is 3.38. The molecule has 1 atom stereocenters. The molecule has 0 spiro atoms. The van der Waals surface area contributed by atoms with Gasteiger partial charge in [0.05, 0.1) is 4.47 Å². The minimum Gasteiger partial charge on any atom is -0.310 e. The van der Waals surface area contributed by atoms with Gasteiger partial charge < -0.3 is 5.32 Å². The Balaban J connectivity index is 2.25. The van der Waals surface area contributed by atoms with Crippen molar-refractivity contribution < 1.29 is 4.39 Å². The van der Waals surface area contributed by atoms with E-state index in [1.54, 1.807) is 6.07 Å². The van der Waals surface area contributed by atoms with Crippen LogP contribution in [-0.4, -0.2) is 11.5 Å². The molecule has 2 nitrogen and oxygen atoms in total. The first-order valence-electron chi connectivity index (χ1n) is 7.20. The number of hydrogen-bond donors (Lipinski definition) is 1. The normalized spacial score (nSPS) is 12.4.